The highest BCUT2D eigenvalue weighted by molar-refractivity contribution is 9.10. The van der Waals surface area contributed by atoms with Crippen molar-refractivity contribution >= 4 is 31.9 Å². The Morgan fingerprint density at radius 1 is 1.10 bits per heavy atom. The summed E-state index contributed by atoms with van der Waals surface area (Å²) in [6.07, 6.45) is 0. The lowest BCUT2D eigenvalue weighted by atomic mass is 10.1. The van der Waals surface area contributed by atoms with E-state index in [1.165, 1.54) is 16.7 Å². The second kappa shape index (κ2) is 7.43. The van der Waals surface area contributed by atoms with Crippen LogP contribution in [0.5, 0.6) is 5.75 Å². The number of methoxy groups -OCH3 is 1. The van der Waals surface area contributed by atoms with Crippen molar-refractivity contribution < 1.29 is 4.74 Å². The van der Waals surface area contributed by atoms with Gasteiger partial charge in [-0.2, -0.15) is 0 Å². The van der Waals surface area contributed by atoms with Crippen molar-refractivity contribution in [3.63, 3.8) is 0 Å². The topological polar surface area (TPSA) is 21.3 Å². The molecule has 0 saturated heterocycles. The lowest BCUT2D eigenvalue weighted by Gasteiger charge is -2.16. The van der Waals surface area contributed by atoms with Crippen LogP contribution in [0.15, 0.2) is 45.3 Å². The van der Waals surface area contributed by atoms with Gasteiger partial charge in [-0.3, -0.25) is 0 Å². The second-order valence-electron chi connectivity index (χ2n) is 5.08. The first kappa shape index (κ1) is 16.5. The smallest absolute Gasteiger partial charge is 0.133 e. The van der Waals surface area contributed by atoms with Crippen LogP contribution in [0.3, 0.4) is 0 Å². The minimum absolute atomic E-state index is 0.274. The van der Waals surface area contributed by atoms with Gasteiger partial charge in [0, 0.05) is 17.1 Å². The third-order valence-corrected chi connectivity index (χ3v) is 5.02. The molecule has 0 bridgehead atoms. The molecule has 2 aromatic carbocycles. The van der Waals surface area contributed by atoms with Crippen LogP contribution in [0, 0.1) is 6.92 Å². The van der Waals surface area contributed by atoms with Crippen LogP contribution in [0.1, 0.15) is 29.7 Å². The van der Waals surface area contributed by atoms with Gasteiger partial charge in [0.1, 0.15) is 5.75 Å². The number of halogens is 2. The Kier molecular flexibility index (Phi) is 5.85. The van der Waals surface area contributed by atoms with Crippen molar-refractivity contribution in [2.24, 2.45) is 0 Å². The first-order valence-corrected chi connectivity index (χ1v) is 8.41. The molecular weight excluding hydrogens is 394 g/mol. The molecule has 21 heavy (non-hydrogen) atoms. The number of aryl methyl sites for hydroxylation is 1. The van der Waals surface area contributed by atoms with Crippen LogP contribution in [0.4, 0.5) is 0 Å². The van der Waals surface area contributed by atoms with Gasteiger partial charge in [-0.15, -0.1) is 0 Å². The average Bonchev–Trinajstić information content (AvgIpc) is 2.48. The van der Waals surface area contributed by atoms with Gasteiger partial charge >= 0.3 is 0 Å². The highest BCUT2D eigenvalue weighted by Gasteiger charge is 2.08. The zero-order valence-corrected chi connectivity index (χ0v) is 15.6. The van der Waals surface area contributed by atoms with E-state index in [9.17, 15) is 0 Å². The molecule has 0 aliphatic heterocycles. The van der Waals surface area contributed by atoms with Crippen molar-refractivity contribution in [1.29, 1.82) is 0 Å². The molecule has 0 fully saturated rings. The molecule has 2 rings (SSSR count). The lowest BCUT2D eigenvalue weighted by Crippen LogP contribution is -2.18. The van der Waals surface area contributed by atoms with Crippen LogP contribution in [0.25, 0.3) is 0 Å². The minimum Gasteiger partial charge on any atom is -0.496 e. The number of hydrogen-bond acceptors (Lipinski definition) is 2. The summed E-state index contributed by atoms with van der Waals surface area (Å²) in [4.78, 5) is 0. The fourth-order valence-corrected chi connectivity index (χ4v) is 2.96. The maximum Gasteiger partial charge on any atom is 0.133 e. The molecule has 0 radical (unpaired) electrons. The third-order valence-electron chi connectivity index (χ3n) is 3.51. The van der Waals surface area contributed by atoms with E-state index in [1.807, 2.05) is 6.07 Å². The predicted octanol–water partition coefficient (Wildman–Crippen LogP) is 5.38. The highest BCUT2D eigenvalue weighted by Crippen LogP contribution is 2.28. The molecule has 0 spiro atoms. The molecule has 112 valence electrons. The summed E-state index contributed by atoms with van der Waals surface area (Å²) >= 11 is 7.06. The Bertz CT molecular complexity index is 628. The van der Waals surface area contributed by atoms with E-state index in [4.69, 9.17) is 4.74 Å². The fourth-order valence-electron chi connectivity index (χ4n) is 2.16. The normalized spacial score (nSPS) is 12.2. The van der Waals surface area contributed by atoms with E-state index in [2.05, 4.69) is 81.4 Å². The minimum atomic E-state index is 0.274. The van der Waals surface area contributed by atoms with Crippen molar-refractivity contribution in [2.75, 3.05) is 7.11 Å². The van der Waals surface area contributed by atoms with E-state index >= 15 is 0 Å². The first-order valence-electron chi connectivity index (χ1n) is 6.83. The number of hydrogen-bond donors (Lipinski definition) is 1. The molecule has 0 saturated carbocycles. The van der Waals surface area contributed by atoms with E-state index in [1.54, 1.807) is 7.11 Å². The maximum absolute atomic E-state index is 5.26. The van der Waals surface area contributed by atoms with Gasteiger partial charge < -0.3 is 10.1 Å². The number of nitrogens with one attached hydrogen (secondary N) is 1. The number of ether oxygens (including phenoxy) is 1. The number of benzene rings is 2. The molecular formula is C17H19Br2NO. The second-order valence-corrected chi connectivity index (χ2v) is 6.79. The quantitative estimate of drug-likeness (QED) is 0.711. The SMILES string of the molecule is COc1ccc(C(C)NCc2ccc(Br)c(C)c2)cc1Br. The van der Waals surface area contributed by atoms with Crippen LogP contribution in [0.2, 0.25) is 0 Å². The highest BCUT2D eigenvalue weighted by atomic mass is 79.9. The Balaban J connectivity index is 2.02. The summed E-state index contributed by atoms with van der Waals surface area (Å²) in [7, 11) is 1.68. The Hall–Kier alpha value is -0.840. The predicted molar refractivity (Wildman–Crippen MR) is 94.8 cm³/mol. The molecule has 0 heterocycles. The maximum atomic E-state index is 5.26. The lowest BCUT2D eigenvalue weighted by molar-refractivity contribution is 0.411. The largest absolute Gasteiger partial charge is 0.496 e. The molecule has 0 amide bonds. The molecule has 4 heteroatoms. The molecule has 1 unspecified atom stereocenters. The van der Waals surface area contributed by atoms with E-state index in [0.29, 0.717) is 0 Å². The monoisotopic (exact) mass is 411 g/mol. The standard InChI is InChI=1S/C17H19Br2NO/c1-11-8-13(4-6-15(11)18)10-20-12(2)14-5-7-17(21-3)16(19)9-14/h4-9,12,20H,10H2,1-3H3. The van der Waals surface area contributed by atoms with Crippen LogP contribution < -0.4 is 10.1 Å². The van der Waals surface area contributed by atoms with Gasteiger partial charge in [-0.25, -0.2) is 0 Å². The summed E-state index contributed by atoms with van der Waals surface area (Å²) in [5.41, 5.74) is 3.78. The fraction of sp³-hybridized carbons (Fsp3) is 0.294. The molecule has 2 aromatic rings. The van der Waals surface area contributed by atoms with Crippen LogP contribution >= 0.6 is 31.9 Å². The molecule has 0 aliphatic rings. The van der Waals surface area contributed by atoms with Crippen molar-refractivity contribution in [2.45, 2.75) is 26.4 Å². The van der Waals surface area contributed by atoms with Gasteiger partial charge in [0.05, 0.1) is 11.6 Å². The molecule has 0 aromatic heterocycles. The summed E-state index contributed by atoms with van der Waals surface area (Å²) in [6.45, 7) is 5.12. The van der Waals surface area contributed by atoms with E-state index in [0.717, 1.165) is 21.2 Å². The molecule has 0 aliphatic carbocycles. The van der Waals surface area contributed by atoms with Crippen molar-refractivity contribution in [3.8, 4) is 5.75 Å². The van der Waals surface area contributed by atoms with Crippen molar-refractivity contribution in [3.05, 3.63) is 62.0 Å². The van der Waals surface area contributed by atoms with Gasteiger partial charge in [0.15, 0.2) is 0 Å². The first-order chi connectivity index (χ1) is 10.0. The Morgan fingerprint density at radius 2 is 1.86 bits per heavy atom. The van der Waals surface area contributed by atoms with Gasteiger partial charge in [-0.1, -0.05) is 34.1 Å². The Labute approximate surface area is 143 Å². The van der Waals surface area contributed by atoms with E-state index < -0.39 is 0 Å². The van der Waals surface area contributed by atoms with Crippen LogP contribution in [-0.4, -0.2) is 7.11 Å². The zero-order chi connectivity index (χ0) is 15.4. The third kappa shape index (κ3) is 4.31. The van der Waals surface area contributed by atoms with E-state index in [-0.39, 0.29) is 6.04 Å². The number of rotatable bonds is 5. The summed E-state index contributed by atoms with van der Waals surface area (Å²) in [6, 6.07) is 12.9. The van der Waals surface area contributed by atoms with Gasteiger partial charge in [0.2, 0.25) is 0 Å². The summed E-state index contributed by atoms with van der Waals surface area (Å²) < 4.78 is 7.39. The van der Waals surface area contributed by atoms with Gasteiger partial charge in [-0.05, 0) is 64.7 Å². The molecule has 1 N–H and O–H groups in total. The van der Waals surface area contributed by atoms with Crippen molar-refractivity contribution in [1.82, 2.24) is 5.32 Å². The zero-order valence-electron chi connectivity index (χ0n) is 12.4. The van der Waals surface area contributed by atoms with Gasteiger partial charge in [0.25, 0.3) is 0 Å². The van der Waals surface area contributed by atoms with Crippen LogP contribution in [-0.2, 0) is 6.54 Å². The summed E-state index contributed by atoms with van der Waals surface area (Å²) in [5, 5.41) is 3.55. The summed E-state index contributed by atoms with van der Waals surface area (Å²) in [5.74, 6) is 0.856. The average molecular weight is 413 g/mol. The molecule has 2 nitrogen and oxygen atoms in total. The molecule has 1 atom stereocenters. The Morgan fingerprint density at radius 3 is 2.48 bits per heavy atom.